The van der Waals surface area contributed by atoms with Crippen LogP contribution in [0.25, 0.3) is 0 Å². The molecule has 4 bridgehead atoms. The summed E-state index contributed by atoms with van der Waals surface area (Å²) < 4.78 is 13.1. The predicted octanol–water partition coefficient (Wildman–Crippen LogP) is 6.55. The zero-order chi connectivity index (χ0) is 33.3. The minimum absolute atomic E-state index is 0.00226. The third-order valence-electron chi connectivity index (χ3n) is 11.5. The Bertz CT molecular complexity index is 1480. The highest BCUT2D eigenvalue weighted by molar-refractivity contribution is 5.75. The SMILES string of the molecule is C[C@@H]([C@H](O)c1ccccc1)N(C)C[C@@H]1C[C@H](c2ccc(CO)cc2)O[C@H](c2ccc(CNC(=O)NC34CC5CC(CC(C5)C3)C4)cc2)O1. The van der Waals surface area contributed by atoms with Crippen molar-refractivity contribution in [1.29, 1.82) is 0 Å². The first-order valence-electron chi connectivity index (χ1n) is 17.8. The zero-order valence-corrected chi connectivity index (χ0v) is 28.3. The standard InChI is InChI=1S/C40H51N3O5/c1-26(37(45)33-6-4-3-5-7-33)43(2)24-35-19-36(32-12-10-28(25-44)11-13-32)48-38(47-35)34-14-8-27(9-15-34)23-41-39(46)42-40-20-29-16-30(21-40)18-31(17-29)22-40/h3-15,26,29-31,35-38,44-45H,16-25H2,1-2H3,(H2,41,42,46)/t26-,29?,30?,31?,35-,36+,37-,38+,40?/m0/s1. The molecule has 3 aromatic carbocycles. The summed E-state index contributed by atoms with van der Waals surface area (Å²) in [5.41, 5.74) is 4.72. The normalized spacial score (nSPS) is 30.6. The number of hydrogen-bond acceptors (Lipinski definition) is 6. The van der Waals surface area contributed by atoms with Crippen LogP contribution < -0.4 is 10.6 Å². The summed E-state index contributed by atoms with van der Waals surface area (Å²) in [6.07, 6.45) is 6.61. The first-order valence-corrected chi connectivity index (χ1v) is 17.8. The Morgan fingerprint density at radius 3 is 2.08 bits per heavy atom. The van der Waals surface area contributed by atoms with Crippen molar-refractivity contribution in [3.63, 3.8) is 0 Å². The summed E-state index contributed by atoms with van der Waals surface area (Å²) in [7, 11) is 2.02. The van der Waals surface area contributed by atoms with Crippen molar-refractivity contribution >= 4 is 6.03 Å². The van der Waals surface area contributed by atoms with Gasteiger partial charge in [0.2, 0.25) is 0 Å². The number of ether oxygens (including phenoxy) is 2. The molecule has 48 heavy (non-hydrogen) atoms. The van der Waals surface area contributed by atoms with Gasteiger partial charge in [-0.25, -0.2) is 4.79 Å². The van der Waals surface area contributed by atoms with E-state index in [0.29, 0.717) is 19.5 Å². The van der Waals surface area contributed by atoms with Gasteiger partial charge < -0.3 is 30.3 Å². The van der Waals surface area contributed by atoms with Gasteiger partial charge in [0.15, 0.2) is 6.29 Å². The van der Waals surface area contributed by atoms with E-state index in [1.54, 1.807) is 0 Å². The maximum absolute atomic E-state index is 13.0. The molecule has 1 aliphatic heterocycles. The number of nitrogens with zero attached hydrogens (tertiary/aromatic N) is 1. The van der Waals surface area contributed by atoms with Gasteiger partial charge in [0.1, 0.15) is 0 Å². The van der Waals surface area contributed by atoms with E-state index in [0.717, 1.165) is 64.8 Å². The molecule has 0 spiro atoms. The number of likely N-dealkylation sites (N-methyl/N-ethyl adjacent to an activating group) is 1. The molecular weight excluding hydrogens is 602 g/mol. The molecule has 4 N–H and O–H groups in total. The average molecular weight is 654 g/mol. The van der Waals surface area contributed by atoms with E-state index in [1.165, 1.54) is 19.3 Å². The minimum Gasteiger partial charge on any atom is -0.392 e. The lowest BCUT2D eigenvalue weighted by atomic mass is 9.53. The highest BCUT2D eigenvalue weighted by Gasteiger charge is 2.51. The number of carbonyl (C=O) groups is 1. The summed E-state index contributed by atoms with van der Waals surface area (Å²) in [6, 6.07) is 25.6. The monoisotopic (exact) mass is 653 g/mol. The van der Waals surface area contributed by atoms with Crippen LogP contribution in [-0.2, 0) is 22.6 Å². The number of aliphatic hydroxyl groups excluding tert-OH is 2. The molecule has 256 valence electrons. The van der Waals surface area contributed by atoms with Gasteiger partial charge in [-0.15, -0.1) is 0 Å². The molecule has 0 radical (unpaired) electrons. The Labute approximate surface area is 284 Å². The van der Waals surface area contributed by atoms with E-state index < -0.39 is 12.4 Å². The Kier molecular flexibility index (Phi) is 9.90. The molecule has 5 fully saturated rings. The van der Waals surface area contributed by atoms with Gasteiger partial charge >= 0.3 is 6.03 Å². The van der Waals surface area contributed by atoms with Gasteiger partial charge in [0.25, 0.3) is 0 Å². The quantitative estimate of drug-likeness (QED) is 0.187. The second-order valence-corrected chi connectivity index (χ2v) is 15.1. The second-order valence-electron chi connectivity index (χ2n) is 15.1. The smallest absolute Gasteiger partial charge is 0.315 e. The van der Waals surface area contributed by atoms with Crippen LogP contribution in [0.1, 0.15) is 98.2 Å². The number of rotatable bonds is 11. The lowest BCUT2D eigenvalue weighted by Crippen LogP contribution is -2.61. The van der Waals surface area contributed by atoms with E-state index in [2.05, 4.69) is 15.5 Å². The van der Waals surface area contributed by atoms with Crippen molar-refractivity contribution in [3.05, 3.63) is 107 Å². The van der Waals surface area contributed by atoms with Crippen LogP contribution in [-0.4, -0.2) is 52.4 Å². The van der Waals surface area contributed by atoms with Gasteiger partial charge in [0, 0.05) is 36.7 Å². The molecule has 0 unspecified atom stereocenters. The number of hydrogen-bond donors (Lipinski definition) is 4. The number of nitrogens with one attached hydrogen (secondary N) is 2. The van der Waals surface area contributed by atoms with Crippen molar-refractivity contribution in [3.8, 4) is 0 Å². The Morgan fingerprint density at radius 2 is 1.46 bits per heavy atom. The molecule has 8 rings (SSSR count). The molecule has 0 aromatic heterocycles. The van der Waals surface area contributed by atoms with Crippen molar-refractivity contribution in [2.45, 2.75) is 101 Å². The third-order valence-corrected chi connectivity index (χ3v) is 11.5. The van der Waals surface area contributed by atoms with Crippen LogP contribution in [0.4, 0.5) is 4.79 Å². The summed E-state index contributed by atoms with van der Waals surface area (Å²) in [5, 5.41) is 27.2. The second kappa shape index (κ2) is 14.3. The zero-order valence-electron chi connectivity index (χ0n) is 28.3. The number of carbonyl (C=O) groups excluding carboxylic acids is 1. The fraction of sp³-hybridized carbons (Fsp3) is 0.525. The molecule has 4 saturated carbocycles. The van der Waals surface area contributed by atoms with Crippen LogP contribution in [0.15, 0.2) is 78.9 Å². The van der Waals surface area contributed by atoms with Gasteiger partial charge in [-0.3, -0.25) is 4.90 Å². The minimum atomic E-state index is -0.621. The Morgan fingerprint density at radius 1 is 0.854 bits per heavy atom. The molecule has 2 amide bonds. The fourth-order valence-corrected chi connectivity index (χ4v) is 9.21. The van der Waals surface area contributed by atoms with Crippen molar-refractivity contribution in [2.24, 2.45) is 17.8 Å². The van der Waals surface area contributed by atoms with Gasteiger partial charge in [-0.1, -0.05) is 78.9 Å². The van der Waals surface area contributed by atoms with Crippen molar-refractivity contribution in [1.82, 2.24) is 15.5 Å². The van der Waals surface area contributed by atoms with E-state index in [-0.39, 0.29) is 36.4 Å². The maximum Gasteiger partial charge on any atom is 0.315 e. The van der Waals surface area contributed by atoms with E-state index >= 15 is 0 Å². The molecule has 8 nitrogen and oxygen atoms in total. The average Bonchev–Trinajstić information content (AvgIpc) is 3.10. The lowest BCUT2D eigenvalue weighted by Gasteiger charge is -2.56. The molecule has 1 saturated heterocycles. The van der Waals surface area contributed by atoms with Gasteiger partial charge in [-0.2, -0.15) is 0 Å². The third kappa shape index (κ3) is 7.48. The summed E-state index contributed by atoms with van der Waals surface area (Å²) in [4.78, 5) is 15.2. The Hall–Kier alpha value is -3.27. The Balaban J connectivity index is 0.993. The number of benzene rings is 3. The molecule has 8 heteroatoms. The molecule has 5 atom stereocenters. The number of urea groups is 1. The highest BCUT2D eigenvalue weighted by atomic mass is 16.7. The first kappa shape index (κ1) is 33.2. The molecule has 5 aliphatic rings. The van der Waals surface area contributed by atoms with Crippen LogP contribution in [0, 0.1) is 17.8 Å². The highest BCUT2D eigenvalue weighted by Crippen LogP contribution is 2.55. The largest absolute Gasteiger partial charge is 0.392 e. The fourth-order valence-electron chi connectivity index (χ4n) is 9.21. The van der Waals surface area contributed by atoms with Gasteiger partial charge in [0.05, 0.1) is 24.9 Å². The van der Waals surface area contributed by atoms with E-state index in [9.17, 15) is 15.0 Å². The van der Waals surface area contributed by atoms with Crippen molar-refractivity contribution < 1.29 is 24.5 Å². The van der Waals surface area contributed by atoms with Crippen LogP contribution >= 0.6 is 0 Å². The molecule has 4 aliphatic carbocycles. The predicted molar refractivity (Wildman–Crippen MR) is 185 cm³/mol. The first-order chi connectivity index (χ1) is 23.3. The lowest BCUT2D eigenvalue weighted by molar-refractivity contribution is -0.253. The van der Waals surface area contributed by atoms with Crippen LogP contribution in [0.2, 0.25) is 0 Å². The topological polar surface area (TPSA) is 103 Å². The number of aliphatic hydroxyl groups is 2. The summed E-state index contributed by atoms with van der Waals surface area (Å²) in [5.74, 6) is 2.37. The summed E-state index contributed by atoms with van der Waals surface area (Å²) in [6.45, 7) is 3.12. The molecule has 1 heterocycles. The van der Waals surface area contributed by atoms with E-state index in [4.69, 9.17) is 9.47 Å². The van der Waals surface area contributed by atoms with Gasteiger partial charge in [-0.05, 0) is 92.5 Å². The number of amides is 2. The molecule has 3 aromatic rings. The summed E-state index contributed by atoms with van der Waals surface area (Å²) >= 11 is 0. The van der Waals surface area contributed by atoms with Crippen LogP contribution in [0.3, 0.4) is 0 Å². The van der Waals surface area contributed by atoms with Crippen molar-refractivity contribution in [2.75, 3.05) is 13.6 Å². The van der Waals surface area contributed by atoms with E-state index in [1.807, 2.05) is 92.8 Å². The molecular formula is C40H51N3O5. The maximum atomic E-state index is 13.0. The van der Waals surface area contributed by atoms with Crippen LogP contribution in [0.5, 0.6) is 0 Å².